The van der Waals surface area contributed by atoms with Gasteiger partial charge in [0.2, 0.25) is 0 Å². The minimum absolute atomic E-state index is 0.0374. The molecule has 8 aromatic carbocycles. The fraction of sp³-hybridized carbons (Fsp3) is 0.167. The highest BCUT2D eigenvalue weighted by Crippen LogP contribution is 2.59. The van der Waals surface area contributed by atoms with Gasteiger partial charge in [0.1, 0.15) is 0 Å². The van der Waals surface area contributed by atoms with Gasteiger partial charge in [-0.25, -0.2) is 0 Å². The Bertz CT molecular complexity index is 2870. The van der Waals surface area contributed by atoms with E-state index in [-0.39, 0.29) is 5.41 Å². The Morgan fingerprint density at radius 2 is 1.02 bits per heavy atom. The van der Waals surface area contributed by atoms with Crippen molar-refractivity contribution in [2.45, 2.75) is 52.4 Å². The molecule has 0 N–H and O–H groups in total. The van der Waals surface area contributed by atoms with E-state index in [0.717, 1.165) is 13.0 Å². The van der Waals surface area contributed by atoms with Crippen LogP contribution in [0.4, 0.5) is 11.4 Å². The third-order valence-corrected chi connectivity index (χ3v) is 13.0. The van der Waals surface area contributed by atoms with Crippen molar-refractivity contribution >= 4 is 32.9 Å². The summed E-state index contributed by atoms with van der Waals surface area (Å²) in [5, 5.41) is 5.05. The summed E-state index contributed by atoms with van der Waals surface area (Å²) in [6.45, 7) is 12.4. The molecule has 0 fully saturated rings. The number of rotatable bonds is 4. The minimum atomic E-state index is -0.487. The molecular weight excluding hydrogens is 735 g/mol. The molecule has 1 nitrogen and oxygen atoms in total. The molecule has 0 aromatic heterocycles. The van der Waals surface area contributed by atoms with Crippen molar-refractivity contribution in [1.29, 1.82) is 0 Å². The number of para-hydroxylation sites is 1. The second kappa shape index (κ2) is 15.9. The van der Waals surface area contributed by atoms with Crippen molar-refractivity contribution in [3.63, 3.8) is 0 Å². The summed E-state index contributed by atoms with van der Waals surface area (Å²) in [7, 11) is 0. The molecule has 1 heterocycles. The van der Waals surface area contributed by atoms with E-state index in [0.29, 0.717) is 5.92 Å². The van der Waals surface area contributed by atoms with Crippen molar-refractivity contribution in [2.75, 3.05) is 11.4 Å². The molecule has 0 unspecified atom stereocenters. The molecule has 2 aliphatic rings. The standard InChI is InChI=1S/C58H51N.C2H2/c1-39(2)40-24-28-50(29-25-40)59-34-12-17-49(57(3,4)5)32-33-58(53-18-10-11-19-56(53)59)54-37-47(45-22-20-41-13-6-8-15-43(41)35-45)26-30-51(54)52-31-27-48(38-55(52)58)46-23-21-42-14-7-9-16-44(42)36-46;1-2/h6-32,35-39H,33-34H2,1-5H3;1-2H/b17-12-,49-32+;. The van der Waals surface area contributed by atoms with Gasteiger partial charge >= 0.3 is 0 Å². The number of nitrogens with zero attached hydrogens (tertiary/aromatic N) is 1. The van der Waals surface area contributed by atoms with Gasteiger partial charge in [0.25, 0.3) is 0 Å². The lowest BCUT2D eigenvalue weighted by atomic mass is 9.67. The van der Waals surface area contributed by atoms with Crippen LogP contribution in [-0.2, 0) is 5.41 Å². The zero-order chi connectivity index (χ0) is 42.3. The van der Waals surface area contributed by atoms with Crippen LogP contribution < -0.4 is 4.90 Å². The molecule has 0 saturated heterocycles. The topological polar surface area (TPSA) is 3.24 Å². The van der Waals surface area contributed by atoms with Crippen LogP contribution in [0.3, 0.4) is 0 Å². The summed E-state index contributed by atoms with van der Waals surface area (Å²) in [5.41, 5.74) is 16.3. The number of hydrogen-bond acceptors (Lipinski definition) is 1. The first-order chi connectivity index (χ1) is 29.7. The molecule has 1 heteroatoms. The van der Waals surface area contributed by atoms with Gasteiger partial charge in [-0.15, -0.1) is 12.8 Å². The zero-order valence-electron chi connectivity index (χ0n) is 36.0. The molecule has 1 aliphatic carbocycles. The van der Waals surface area contributed by atoms with Gasteiger partial charge in [0.05, 0.1) is 5.41 Å². The summed E-state index contributed by atoms with van der Waals surface area (Å²) in [5.74, 6) is 0.470. The van der Waals surface area contributed by atoms with Gasteiger partial charge in [0.15, 0.2) is 0 Å². The number of terminal acetylenes is 1. The molecule has 10 rings (SSSR count). The molecule has 298 valence electrons. The average Bonchev–Trinajstić information content (AvgIpc) is 3.57. The van der Waals surface area contributed by atoms with Crippen LogP contribution in [0.2, 0.25) is 0 Å². The Morgan fingerprint density at radius 1 is 0.525 bits per heavy atom. The molecule has 0 amide bonds. The van der Waals surface area contributed by atoms with E-state index >= 15 is 0 Å². The van der Waals surface area contributed by atoms with E-state index in [1.54, 1.807) is 0 Å². The van der Waals surface area contributed by atoms with Crippen molar-refractivity contribution in [1.82, 2.24) is 0 Å². The molecule has 1 aliphatic heterocycles. The first kappa shape index (κ1) is 39.6. The first-order valence-electron chi connectivity index (χ1n) is 21.6. The van der Waals surface area contributed by atoms with Crippen molar-refractivity contribution < 1.29 is 0 Å². The first-order valence-corrected chi connectivity index (χ1v) is 21.6. The largest absolute Gasteiger partial charge is 0.337 e. The molecule has 1 spiro atoms. The van der Waals surface area contributed by atoms with Gasteiger partial charge in [-0.05, 0) is 143 Å². The van der Waals surface area contributed by atoms with Crippen LogP contribution in [-0.4, -0.2) is 6.54 Å². The Kier molecular flexibility index (Phi) is 10.3. The Hall–Kier alpha value is -6.88. The Balaban J connectivity index is 0.00000235. The summed E-state index contributed by atoms with van der Waals surface area (Å²) < 4.78 is 0. The Labute approximate surface area is 362 Å². The van der Waals surface area contributed by atoms with E-state index in [1.165, 1.54) is 94.1 Å². The van der Waals surface area contributed by atoms with Gasteiger partial charge in [-0.2, -0.15) is 0 Å². The number of allylic oxidation sites excluding steroid dienone is 3. The molecule has 0 saturated carbocycles. The molecule has 0 bridgehead atoms. The maximum absolute atomic E-state index is 4.00. The van der Waals surface area contributed by atoms with Gasteiger partial charge < -0.3 is 4.90 Å². The molecule has 61 heavy (non-hydrogen) atoms. The number of benzene rings is 8. The van der Waals surface area contributed by atoms with Gasteiger partial charge in [-0.1, -0.05) is 180 Å². The fourth-order valence-corrected chi connectivity index (χ4v) is 9.75. The van der Waals surface area contributed by atoms with E-state index in [4.69, 9.17) is 0 Å². The third kappa shape index (κ3) is 7.07. The molecule has 0 radical (unpaired) electrons. The summed E-state index contributed by atoms with van der Waals surface area (Å²) in [4.78, 5) is 2.54. The SMILES string of the molecule is C#C.CC(C)c1ccc(N2C/C=C\C(C(C)(C)C)=C/CC3(c4cc(-c5ccc6ccccc6c5)ccc4-c4ccc(-c5ccc6ccccc6c5)cc43)c3ccccc32)cc1. The quantitative estimate of drug-likeness (QED) is 0.161. The number of fused-ring (bicyclic) bond motifs is 9. The van der Waals surface area contributed by atoms with E-state index in [2.05, 4.69) is 240 Å². The van der Waals surface area contributed by atoms with Crippen LogP contribution in [0.5, 0.6) is 0 Å². The Morgan fingerprint density at radius 3 is 1.56 bits per heavy atom. The predicted octanol–water partition coefficient (Wildman–Crippen LogP) is 16.1. The van der Waals surface area contributed by atoms with Gasteiger partial charge in [0, 0.05) is 17.9 Å². The zero-order valence-corrected chi connectivity index (χ0v) is 36.0. The van der Waals surface area contributed by atoms with Crippen LogP contribution in [0.1, 0.15) is 69.2 Å². The van der Waals surface area contributed by atoms with Crippen LogP contribution in [0, 0.1) is 18.3 Å². The average molecular weight is 788 g/mol. The second-order valence-corrected chi connectivity index (χ2v) is 17.9. The van der Waals surface area contributed by atoms with E-state index in [1.807, 2.05) is 0 Å². The van der Waals surface area contributed by atoms with E-state index in [9.17, 15) is 0 Å². The smallest absolute Gasteiger partial charge is 0.0519 e. The van der Waals surface area contributed by atoms with E-state index < -0.39 is 5.41 Å². The normalized spacial score (nSPS) is 15.6. The number of hydrogen-bond donors (Lipinski definition) is 0. The second-order valence-electron chi connectivity index (χ2n) is 17.9. The fourth-order valence-electron chi connectivity index (χ4n) is 9.75. The van der Waals surface area contributed by atoms with Crippen LogP contribution >= 0.6 is 0 Å². The van der Waals surface area contributed by atoms with Crippen LogP contribution in [0.25, 0.3) is 54.9 Å². The monoisotopic (exact) mass is 787 g/mol. The third-order valence-electron chi connectivity index (χ3n) is 13.0. The minimum Gasteiger partial charge on any atom is -0.337 e. The highest BCUT2D eigenvalue weighted by molar-refractivity contribution is 5.93. The summed E-state index contributed by atoms with van der Waals surface area (Å²) in [6, 6.07) is 64.3. The lowest BCUT2D eigenvalue weighted by Gasteiger charge is -2.38. The summed E-state index contributed by atoms with van der Waals surface area (Å²) >= 11 is 0. The van der Waals surface area contributed by atoms with Crippen molar-refractivity contribution in [3.8, 4) is 46.2 Å². The van der Waals surface area contributed by atoms with Crippen LogP contribution in [0.15, 0.2) is 194 Å². The molecule has 8 aromatic rings. The predicted molar refractivity (Wildman–Crippen MR) is 263 cm³/mol. The highest BCUT2D eigenvalue weighted by atomic mass is 15.1. The maximum Gasteiger partial charge on any atom is 0.0519 e. The lowest BCUT2D eigenvalue weighted by Crippen LogP contribution is -2.31. The lowest BCUT2D eigenvalue weighted by molar-refractivity contribution is 0.509. The number of anilines is 2. The molecule has 0 atom stereocenters. The molecular formula is C60H53N. The summed E-state index contributed by atoms with van der Waals surface area (Å²) in [6.07, 6.45) is 16.1. The van der Waals surface area contributed by atoms with Gasteiger partial charge in [-0.3, -0.25) is 0 Å². The van der Waals surface area contributed by atoms with Crippen molar-refractivity contribution in [2.24, 2.45) is 5.41 Å². The highest BCUT2D eigenvalue weighted by Gasteiger charge is 2.46. The van der Waals surface area contributed by atoms with Crippen molar-refractivity contribution in [3.05, 3.63) is 216 Å². The maximum atomic E-state index is 4.00.